The lowest BCUT2D eigenvalue weighted by Gasteiger charge is -2.27. The van der Waals surface area contributed by atoms with E-state index in [1.165, 1.54) is 26.3 Å². The number of rotatable bonds is 4. The zero-order chi connectivity index (χ0) is 17.2. The van der Waals surface area contributed by atoms with Gasteiger partial charge in [0.2, 0.25) is 10.0 Å². The number of nitrogens with one attached hydrogen (secondary N) is 1. The molecule has 1 fully saturated rings. The molecule has 7 heteroatoms. The lowest BCUT2D eigenvalue weighted by atomic mass is 10.1. The molecule has 0 unspecified atom stereocenters. The van der Waals surface area contributed by atoms with E-state index in [0.717, 1.165) is 24.5 Å². The topological polar surface area (TPSA) is 75.2 Å². The highest BCUT2D eigenvalue weighted by atomic mass is 32.2. The second-order valence-corrected chi connectivity index (χ2v) is 7.87. The van der Waals surface area contributed by atoms with Crippen molar-refractivity contribution in [1.29, 1.82) is 0 Å². The van der Waals surface area contributed by atoms with Gasteiger partial charge in [-0.3, -0.25) is 0 Å². The van der Waals surface area contributed by atoms with Crippen LogP contribution in [0.4, 0.5) is 5.82 Å². The second kappa shape index (κ2) is 6.86. The standard InChI is InChI=1S/C17H22N4O2S/c1-13-6-7-14(12-16(13)24(22,23)18-2)15-8-9-17(20-19-15)21-10-4-3-5-11-21/h6-9,12,18H,3-5,10-11H2,1-2H3. The van der Waals surface area contributed by atoms with Crippen molar-refractivity contribution >= 4 is 15.8 Å². The van der Waals surface area contributed by atoms with Crippen LogP contribution in [0.15, 0.2) is 35.2 Å². The van der Waals surface area contributed by atoms with Gasteiger partial charge in [-0.15, -0.1) is 10.2 Å². The summed E-state index contributed by atoms with van der Waals surface area (Å²) >= 11 is 0. The maximum Gasteiger partial charge on any atom is 0.240 e. The van der Waals surface area contributed by atoms with Crippen molar-refractivity contribution in [2.45, 2.75) is 31.1 Å². The molecule has 0 saturated carbocycles. The van der Waals surface area contributed by atoms with Gasteiger partial charge >= 0.3 is 0 Å². The van der Waals surface area contributed by atoms with Gasteiger partial charge in [0, 0.05) is 18.7 Å². The van der Waals surface area contributed by atoms with Gasteiger partial charge in [0.15, 0.2) is 5.82 Å². The van der Waals surface area contributed by atoms with Crippen LogP contribution in [0.1, 0.15) is 24.8 Å². The summed E-state index contributed by atoms with van der Waals surface area (Å²) in [5, 5.41) is 8.62. The molecule has 0 amide bonds. The van der Waals surface area contributed by atoms with Crippen molar-refractivity contribution < 1.29 is 8.42 Å². The molecule has 128 valence electrons. The zero-order valence-electron chi connectivity index (χ0n) is 14.0. The Balaban J connectivity index is 1.90. The summed E-state index contributed by atoms with van der Waals surface area (Å²) < 4.78 is 26.6. The third-order valence-electron chi connectivity index (χ3n) is 4.37. The van der Waals surface area contributed by atoms with Crippen molar-refractivity contribution in [2.24, 2.45) is 0 Å². The molecular weight excluding hydrogens is 324 g/mol. The number of hydrogen-bond donors (Lipinski definition) is 1. The van der Waals surface area contributed by atoms with Crippen molar-refractivity contribution in [3.05, 3.63) is 35.9 Å². The van der Waals surface area contributed by atoms with Crippen LogP contribution in [0.3, 0.4) is 0 Å². The second-order valence-electron chi connectivity index (χ2n) is 6.01. The first-order chi connectivity index (χ1) is 11.5. The van der Waals surface area contributed by atoms with E-state index < -0.39 is 10.0 Å². The first kappa shape index (κ1) is 16.9. The molecule has 0 atom stereocenters. The van der Waals surface area contributed by atoms with Crippen LogP contribution >= 0.6 is 0 Å². The summed E-state index contributed by atoms with van der Waals surface area (Å²) in [4.78, 5) is 2.51. The first-order valence-electron chi connectivity index (χ1n) is 8.14. The largest absolute Gasteiger partial charge is 0.355 e. The maximum atomic E-state index is 12.1. The van der Waals surface area contributed by atoms with E-state index in [2.05, 4.69) is 19.8 Å². The van der Waals surface area contributed by atoms with E-state index in [4.69, 9.17) is 0 Å². The van der Waals surface area contributed by atoms with Crippen molar-refractivity contribution in [1.82, 2.24) is 14.9 Å². The Morgan fingerprint density at radius 1 is 1.04 bits per heavy atom. The molecular formula is C17H22N4O2S. The molecule has 1 N–H and O–H groups in total. The van der Waals surface area contributed by atoms with Gasteiger partial charge in [0.25, 0.3) is 0 Å². The molecule has 0 aliphatic carbocycles. The highest BCUT2D eigenvalue weighted by Crippen LogP contribution is 2.25. The average molecular weight is 346 g/mol. The quantitative estimate of drug-likeness (QED) is 0.920. The lowest BCUT2D eigenvalue weighted by Crippen LogP contribution is -2.30. The Labute approximate surface area is 143 Å². The Hall–Kier alpha value is -1.99. The minimum Gasteiger partial charge on any atom is -0.355 e. The van der Waals surface area contributed by atoms with Gasteiger partial charge in [-0.25, -0.2) is 13.1 Å². The van der Waals surface area contributed by atoms with Crippen LogP contribution in [0.2, 0.25) is 0 Å². The fourth-order valence-corrected chi connectivity index (χ4v) is 3.92. The van der Waals surface area contributed by atoms with E-state index in [0.29, 0.717) is 11.3 Å². The molecule has 1 aliphatic heterocycles. The summed E-state index contributed by atoms with van der Waals surface area (Å²) in [5.74, 6) is 0.883. The highest BCUT2D eigenvalue weighted by Gasteiger charge is 2.17. The summed E-state index contributed by atoms with van der Waals surface area (Å²) in [5.41, 5.74) is 2.11. The number of hydrogen-bond acceptors (Lipinski definition) is 5. The first-order valence-corrected chi connectivity index (χ1v) is 9.63. The highest BCUT2D eigenvalue weighted by molar-refractivity contribution is 7.89. The van der Waals surface area contributed by atoms with Crippen LogP contribution in [0, 0.1) is 6.92 Å². The molecule has 3 rings (SSSR count). The number of sulfonamides is 1. The number of nitrogens with zero attached hydrogens (tertiary/aromatic N) is 3. The van der Waals surface area contributed by atoms with Gasteiger partial charge < -0.3 is 4.90 Å². The lowest BCUT2D eigenvalue weighted by molar-refractivity contribution is 0.571. The summed E-state index contributed by atoms with van der Waals surface area (Å²) in [6.07, 6.45) is 3.65. The fourth-order valence-electron chi connectivity index (χ4n) is 2.93. The summed E-state index contributed by atoms with van der Waals surface area (Å²) in [6.45, 7) is 3.81. The Bertz CT molecular complexity index is 813. The van der Waals surface area contributed by atoms with E-state index >= 15 is 0 Å². The number of benzene rings is 1. The van der Waals surface area contributed by atoms with Crippen molar-refractivity contribution in [2.75, 3.05) is 25.0 Å². The SMILES string of the molecule is CNS(=O)(=O)c1cc(-c2ccc(N3CCCCC3)nn2)ccc1C. The van der Waals surface area contributed by atoms with E-state index in [1.54, 1.807) is 19.1 Å². The van der Waals surface area contributed by atoms with E-state index in [1.807, 2.05) is 18.2 Å². The van der Waals surface area contributed by atoms with Gasteiger partial charge in [-0.1, -0.05) is 12.1 Å². The number of aromatic nitrogens is 2. The monoisotopic (exact) mass is 346 g/mol. The fraction of sp³-hybridized carbons (Fsp3) is 0.412. The molecule has 0 radical (unpaired) electrons. The molecule has 1 aromatic carbocycles. The van der Waals surface area contributed by atoms with Gasteiger partial charge in [0.05, 0.1) is 10.6 Å². The maximum absolute atomic E-state index is 12.1. The van der Waals surface area contributed by atoms with E-state index in [9.17, 15) is 8.42 Å². The van der Waals surface area contributed by atoms with Gasteiger partial charge in [0.1, 0.15) is 0 Å². The number of aryl methyl sites for hydroxylation is 1. The van der Waals surface area contributed by atoms with Crippen LogP contribution in [0.5, 0.6) is 0 Å². The smallest absolute Gasteiger partial charge is 0.240 e. The van der Waals surface area contributed by atoms with Crippen LogP contribution in [-0.4, -0.2) is 38.8 Å². The number of piperidine rings is 1. The molecule has 1 aliphatic rings. The van der Waals surface area contributed by atoms with Crippen molar-refractivity contribution in [3.8, 4) is 11.3 Å². The van der Waals surface area contributed by atoms with Crippen molar-refractivity contribution in [3.63, 3.8) is 0 Å². The summed E-state index contributed by atoms with van der Waals surface area (Å²) in [7, 11) is -2.08. The molecule has 0 bridgehead atoms. The van der Waals surface area contributed by atoms with Crippen LogP contribution < -0.4 is 9.62 Å². The van der Waals surface area contributed by atoms with Crippen LogP contribution in [0.25, 0.3) is 11.3 Å². The molecule has 2 aromatic rings. The predicted octanol–water partition coefficient (Wildman–Crippen LogP) is 2.35. The molecule has 24 heavy (non-hydrogen) atoms. The van der Waals surface area contributed by atoms with Gasteiger partial charge in [-0.2, -0.15) is 0 Å². The minimum absolute atomic E-state index is 0.268. The van der Waals surface area contributed by atoms with Crippen LogP contribution in [-0.2, 0) is 10.0 Å². The molecule has 1 saturated heterocycles. The third kappa shape index (κ3) is 3.42. The molecule has 0 spiro atoms. The Morgan fingerprint density at radius 2 is 1.79 bits per heavy atom. The van der Waals surface area contributed by atoms with Gasteiger partial charge in [-0.05, 0) is 57.0 Å². The molecule has 1 aromatic heterocycles. The van der Waals surface area contributed by atoms with E-state index in [-0.39, 0.29) is 4.90 Å². The summed E-state index contributed by atoms with van der Waals surface area (Å²) in [6, 6.07) is 9.16. The Kier molecular flexibility index (Phi) is 4.82. The minimum atomic E-state index is -3.49. The molecule has 2 heterocycles. The number of anilines is 1. The zero-order valence-corrected chi connectivity index (χ0v) is 14.8. The third-order valence-corrected chi connectivity index (χ3v) is 5.93. The molecule has 6 nitrogen and oxygen atoms in total. The Morgan fingerprint density at radius 3 is 2.42 bits per heavy atom. The predicted molar refractivity (Wildman–Crippen MR) is 94.5 cm³/mol. The normalized spacial score (nSPS) is 15.5. The average Bonchev–Trinajstić information content (AvgIpc) is 2.63.